The highest BCUT2D eigenvalue weighted by Crippen LogP contribution is 2.49. The van der Waals surface area contributed by atoms with Crippen LogP contribution in [0.4, 0.5) is 0 Å². The van der Waals surface area contributed by atoms with Gasteiger partial charge in [0, 0.05) is 19.3 Å². The first kappa shape index (κ1) is 59.7. The lowest BCUT2D eigenvalue weighted by atomic mass is 9.85. The molecule has 0 amide bonds. The van der Waals surface area contributed by atoms with E-state index in [2.05, 4.69) is 11.4 Å². The molecule has 0 saturated heterocycles. The van der Waals surface area contributed by atoms with Gasteiger partial charge in [-0.2, -0.15) is 0 Å². The van der Waals surface area contributed by atoms with Crippen LogP contribution in [0, 0.1) is 0 Å². The fourth-order valence-corrected chi connectivity index (χ4v) is 9.18. The van der Waals surface area contributed by atoms with Crippen molar-refractivity contribution in [2.45, 2.75) is 249 Å². The lowest BCUT2D eigenvalue weighted by Crippen LogP contribution is -2.64. The summed E-state index contributed by atoms with van der Waals surface area (Å²) in [6.07, 6.45) is 14.1. The third-order valence-corrected chi connectivity index (χ3v) is 12.8. The average molecular weight is 947 g/mol. The third kappa shape index (κ3) is 30.6. The van der Waals surface area contributed by atoms with Gasteiger partial charge in [0.15, 0.2) is 0 Å². The minimum absolute atomic E-state index is 0.0284. The number of ether oxygens (including phenoxy) is 2. The zero-order chi connectivity index (χ0) is 46.9. The number of rotatable bonds is 41. The van der Waals surface area contributed by atoms with E-state index in [1.54, 1.807) is 0 Å². The highest BCUT2D eigenvalue weighted by molar-refractivity contribution is 7.47. The van der Waals surface area contributed by atoms with Gasteiger partial charge in [-0.05, 0) is 25.7 Å². The highest BCUT2D eigenvalue weighted by Gasteiger charge is 2.54. The van der Waals surface area contributed by atoms with Crippen molar-refractivity contribution in [1.29, 1.82) is 0 Å². The van der Waals surface area contributed by atoms with Crippen LogP contribution in [0.25, 0.3) is 0 Å². The number of carbonyl (C=O) groups excluding carboxylic acids is 3. The minimum atomic E-state index is -5.37. The monoisotopic (exact) mass is 947 g/mol. The Morgan fingerprint density at radius 1 is 0.492 bits per heavy atom. The van der Waals surface area contributed by atoms with E-state index in [0.29, 0.717) is 31.5 Å². The molecule has 0 spiro atoms. The van der Waals surface area contributed by atoms with Gasteiger partial charge >= 0.3 is 27.6 Å². The molecule has 1 aliphatic rings. The van der Waals surface area contributed by atoms with Gasteiger partial charge in [0.2, 0.25) is 0 Å². The Balaban J connectivity index is 2.56. The fraction of sp³-hybridized carbons (Fsp3) is 0.932. The second-order valence-corrected chi connectivity index (χ2v) is 19.8. The van der Waals surface area contributed by atoms with Gasteiger partial charge in [0.05, 0.1) is 19.6 Å². The molecule has 8 atom stereocenters. The van der Waals surface area contributed by atoms with E-state index in [1.807, 2.05) is 6.92 Å². The van der Waals surface area contributed by atoms with E-state index in [9.17, 15) is 48.8 Å². The van der Waals surface area contributed by atoms with Crippen molar-refractivity contribution in [3.8, 4) is 0 Å². The molecule has 0 aromatic carbocycles. The first-order valence-corrected chi connectivity index (χ1v) is 27.0. The third-order valence-electron chi connectivity index (χ3n) is 11.3. The van der Waals surface area contributed by atoms with Gasteiger partial charge in [-0.3, -0.25) is 28.0 Å². The molecule has 0 heterocycles. The van der Waals surface area contributed by atoms with Crippen molar-refractivity contribution in [3.05, 3.63) is 0 Å². The second kappa shape index (κ2) is 35.8. The van der Waals surface area contributed by atoms with Crippen molar-refractivity contribution in [2.75, 3.05) is 13.2 Å². The molecule has 0 aliphatic heterocycles. The fourth-order valence-electron chi connectivity index (χ4n) is 7.64. The van der Waals surface area contributed by atoms with E-state index in [0.717, 1.165) is 77.0 Å². The number of esters is 2. The van der Waals surface area contributed by atoms with E-state index < -0.39 is 83.3 Å². The molecule has 1 rings (SSSR count). The van der Waals surface area contributed by atoms with Crippen LogP contribution in [0.3, 0.4) is 0 Å². The van der Waals surface area contributed by atoms with Crippen molar-refractivity contribution in [1.82, 2.24) is 0 Å². The van der Waals surface area contributed by atoms with Crippen LogP contribution in [0.2, 0.25) is 0 Å². The Morgan fingerprint density at radius 2 is 0.921 bits per heavy atom. The van der Waals surface area contributed by atoms with Gasteiger partial charge in [0.1, 0.15) is 48.5 Å². The van der Waals surface area contributed by atoms with Gasteiger partial charge in [-0.15, -0.1) is 0 Å². The normalized spacial score (nSPS) is 21.8. The molecule has 63 heavy (non-hydrogen) atoms. The van der Waals surface area contributed by atoms with Crippen LogP contribution < -0.4 is 0 Å². The minimum Gasteiger partial charge on any atom is -0.466 e. The topological polar surface area (TPSA) is 273 Å². The van der Waals surface area contributed by atoms with E-state index in [1.165, 1.54) is 77.0 Å². The standard InChI is InChI=1S/C44H84O17P2/c1-3-5-6-7-8-9-10-11-15-18-21-24-27-31-37(46)59-36(34-58-63(55,56)61-44-41(50)39(48)40(49)43(42(44)51)60-62(52,53)54)33-38(47)57-32-28-25-22-19-16-13-12-14-17-20-23-26-30-35(45)29-4-2/h36,39-44,48-51H,3-34H2,1-2H3,(H,55,56)(H2,52,53,54)/t36-,39-,40?,41?,42+,43+,44?/m1/s1. The molecule has 0 bridgehead atoms. The van der Waals surface area contributed by atoms with Crippen LogP contribution in [0.15, 0.2) is 0 Å². The van der Waals surface area contributed by atoms with E-state index >= 15 is 0 Å². The number of phosphoric acid groups is 2. The van der Waals surface area contributed by atoms with Crippen LogP contribution in [0.1, 0.15) is 206 Å². The lowest BCUT2D eigenvalue weighted by Gasteiger charge is -2.43. The summed E-state index contributed by atoms with van der Waals surface area (Å²) >= 11 is 0. The smallest absolute Gasteiger partial charge is 0.466 e. The van der Waals surface area contributed by atoms with Crippen molar-refractivity contribution < 1.29 is 81.7 Å². The molecule has 0 aromatic rings. The zero-order valence-electron chi connectivity index (χ0n) is 38.3. The lowest BCUT2D eigenvalue weighted by molar-refractivity contribution is -0.216. The predicted octanol–water partition coefficient (Wildman–Crippen LogP) is 8.19. The molecule has 7 N–H and O–H groups in total. The number of unbranched alkanes of at least 4 members (excludes halogenated alkanes) is 23. The molecular weight excluding hydrogens is 862 g/mol. The number of ketones is 1. The number of hydrogen-bond acceptors (Lipinski definition) is 14. The molecule has 1 aliphatic carbocycles. The summed E-state index contributed by atoms with van der Waals surface area (Å²) in [5, 5.41) is 41.2. The predicted molar refractivity (Wildman–Crippen MR) is 237 cm³/mol. The molecule has 0 radical (unpaired) electrons. The number of hydrogen-bond donors (Lipinski definition) is 7. The second-order valence-electron chi connectivity index (χ2n) is 17.2. The molecule has 372 valence electrons. The number of phosphoric ester groups is 2. The number of Topliss-reactive ketones (excluding diaryl/α,β-unsaturated/α-hetero) is 1. The van der Waals surface area contributed by atoms with E-state index in [-0.39, 0.29) is 13.0 Å². The summed E-state index contributed by atoms with van der Waals surface area (Å²) in [6.45, 7) is 3.50. The summed E-state index contributed by atoms with van der Waals surface area (Å²) in [5.74, 6) is -1.04. The van der Waals surface area contributed by atoms with Crippen molar-refractivity contribution in [3.63, 3.8) is 0 Å². The van der Waals surface area contributed by atoms with Crippen LogP contribution in [-0.4, -0.2) is 109 Å². The Kier molecular flexibility index (Phi) is 33.9. The molecule has 1 fully saturated rings. The molecular formula is C44H84O17P2. The van der Waals surface area contributed by atoms with Crippen molar-refractivity contribution in [2.24, 2.45) is 0 Å². The van der Waals surface area contributed by atoms with Crippen LogP contribution >= 0.6 is 15.6 Å². The van der Waals surface area contributed by atoms with Gasteiger partial charge in [-0.1, -0.05) is 155 Å². The van der Waals surface area contributed by atoms with Gasteiger partial charge < -0.3 is 44.6 Å². The number of carbonyl (C=O) groups is 3. The largest absolute Gasteiger partial charge is 0.472 e. The Morgan fingerprint density at radius 3 is 1.38 bits per heavy atom. The summed E-state index contributed by atoms with van der Waals surface area (Å²) in [4.78, 5) is 66.0. The number of aliphatic hydroxyl groups is 4. The van der Waals surface area contributed by atoms with Crippen molar-refractivity contribution >= 4 is 33.4 Å². The van der Waals surface area contributed by atoms with Gasteiger partial charge in [-0.25, -0.2) is 9.13 Å². The van der Waals surface area contributed by atoms with Crippen LogP contribution in [0.5, 0.6) is 0 Å². The quantitative estimate of drug-likeness (QED) is 0.0173. The molecule has 4 unspecified atom stereocenters. The average Bonchev–Trinajstić information content (AvgIpc) is 3.22. The van der Waals surface area contributed by atoms with Crippen LogP contribution in [-0.2, 0) is 46.6 Å². The Labute approximate surface area is 376 Å². The SMILES string of the molecule is CCCCCCCCCCCCCCCC(=O)O[C@@H](COP(=O)(O)OC1C(O)[C@H](O)C(O)[C@H](OP(=O)(O)O)[C@@H]1O)CC(=O)OCCCCCCCCCCCCCCC(=O)CCC. The first-order valence-electron chi connectivity index (χ1n) is 24.0. The Hall–Kier alpha value is -1.33. The molecule has 0 aromatic heterocycles. The van der Waals surface area contributed by atoms with E-state index in [4.69, 9.17) is 28.3 Å². The maximum absolute atomic E-state index is 13.0. The van der Waals surface area contributed by atoms with Gasteiger partial charge in [0.25, 0.3) is 0 Å². The first-order chi connectivity index (χ1) is 30.0. The molecule has 1 saturated carbocycles. The number of aliphatic hydroxyl groups excluding tert-OH is 4. The Bertz CT molecular complexity index is 1300. The molecule has 17 nitrogen and oxygen atoms in total. The highest BCUT2D eigenvalue weighted by atomic mass is 31.2. The summed E-state index contributed by atoms with van der Waals surface area (Å²) in [7, 11) is -10.7. The maximum atomic E-state index is 13.0. The summed E-state index contributed by atoms with van der Waals surface area (Å²) < 4.78 is 49.4. The summed E-state index contributed by atoms with van der Waals surface area (Å²) in [6, 6.07) is 0. The maximum Gasteiger partial charge on any atom is 0.472 e. The molecule has 19 heteroatoms. The zero-order valence-corrected chi connectivity index (χ0v) is 40.1. The summed E-state index contributed by atoms with van der Waals surface area (Å²) in [5.41, 5.74) is 0.